The van der Waals surface area contributed by atoms with Gasteiger partial charge < -0.3 is 5.32 Å². The Morgan fingerprint density at radius 1 is 1.27 bits per heavy atom. The van der Waals surface area contributed by atoms with Gasteiger partial charge in [0.25, 0.3) is 0 Å². The van der Waals surface area contributed by atoms with Crippen molar-refractivity contribution in [2.75, 3.05) is 0 Å². The van der Waals surface area contributed by atoms with Crippen LogP contribution in [0.3, 0.4) is 0 Å². The van der Waals surface area contributed by atoms with Crippen LogP contribution in [0.1, 0.15) is 6.92 Å². The minimum Gasteiger partial charge on any atom is -0.337 e. The van der Waals surface area contributed by atoms with E-state index >= 15 is 0 Å². The van der Waals surface area contributed by atoms with E-state index in [4.69, 9.17) is 0 Å². The van der Waals surface area contributed by atoms with Crippen molar-refractivity contribution >= 4 is 15.9 Å². The van der Waals surface area contributed by atoms with Crippen LogP contribution in [0.15, 0.2) is 35.2 Å². The fourth-order valence-corrected chi connectivity index (χ4v) is 1.74. The molecule has 0 atom stereocenters. The molecule has 81 valence electrons. The minimum absolute atomic E-state index is 0.145. The summed E-state index contributed by atoms with van der Waals surface area (Å²) < 4.78 is 25.2. The molecule has 0 bridgehead atoms. The van der Waals surface area contributed by atoms with Crippen molar-refractivity contribution in [3.63, 3.8) is 0 Å². The molecular formula is C9H11N2O3S. The van der Waals surface area contributed by atoms with Gasteiger partial charge in [-0.25, -0.2) is 8.42 Å². The summed E-state index contributed by atoms with van der Waals surface area (Å²) in [6.07, 6.45) is 0. The maximum absolute atomic E-state index is 11.5. The van der Waals surface area contributed by atoms with Gasteiger partial charge in [-0.3, -0.25) is 4.79 Å². The molecule has 0 fully saturated rings. The molecule has 1 aromatic rings. The maximum atomic E-state index is 11.5. The van der Waals surface area contributed by atoms with E-state index in [0.717, 1.165) is 6.67 Å². The quantitative estimate of drug-likeness (QED) is 0.772. The van der Waals surface area contributed by atoms with E-state index in [1.54, 1.807) is 18.2 Å². The van der Waals surface area contributed by atoms with E-state index in [2.05, 4.69) is 10.0 Å². The third kappa shape index (κ3) is 3.69. The van der Waals surface area contributed by atoms with Crippen molar-refractivity contribution in [3.8, 4) is 0 Å². The molecule has 1 radical (unpaired) electrons. The van der Waals surface area contributed by atoms with Crippen molar-refractivity contribution in [1.29, 1.82) is 0 Å². The topological polar surface area (TPSA) is 75.3 Å². The first kappa shape index (κ1) is 11.7. The molecule has 0 aliphatic heterocycles. The van der Waals surface area contributed by atoms with E-state index in [1.165, 1.54) is 19.1 Å². The first-order valence-electron chi connectivity index (χ1n) is 4.18. The fourth-order valence-electron chi connectivity index (χ4n) is 0.876. The molecule has 0 saturated carbocycles. The Morgan fingerprint density at radius 2 is 1.87 bits per heavy atom. The number of sulfonamides is 1. The summed E-state index contributed by atoms with van der Waals surface area (Å²) in [5, 5.41) is 2.22. The average molecular weight is 227 g/mol. The number of benzene rings is 1. The van der Waals surface area contributed by atoms with Crippen molar-refractivity contribution < 1.29 is 13.2 Å². The number of carbonyl (C=O) groups excluding carboxylic acids is 1. The first-order chi connectivity index (χ1) is 7.02. The molecule has 0 spiro atoms. The van der Waals surface area contributed by atoms with Crippen LogP contribution in [-0.4, -0.2) is 14.3 Å². The number of hydrogen-bond donors (Lipinski definition) is 2. The molecule has 15 heavy (non-hydrogen) atoms. The average Bonchev–Trinajstić information content (AvgIpc) is 2.18. The molecule has 1 rings (SSSR count). The zero-order valence-corrected chi connectivity index (χ0v) is 8.91. The Balaban J connectivity index is 2.65. The molecular weight excluding hydrogens is 216 g/mol. The smallest absolute Gasteiger partial charge is 0.242 e. The molecule has 0 saturated heterocycles. The highest BCUT2D eigenvalue weighted by molar-refractivity contribution is 7.89. The van der Waals surface area contributed by atoms with Gasteiger partial charge in [0.05, 0.1) is 4.90 Å². The van der Waals surface area contributed by atoms with E-state index in [1.807, 2.05) is 0 Å². The Labute approximate surface area is 88.5 Å². The molecule has 0 heterocycles. The number of nitrogens with one attached hydrogen (secondary N) is 2. The second-order valence-corrected chi connectivity index (χ2v) is 4.49. The SMILES string of the molecule is CC(=O)N[CH]NS(=O)(=O)c1ccccc1. The van der Waals surface area contributed by atoms with Crippen molar-refractivity contribution in [2.45, 2.75) is 11.8 Å². The van der Waals surface area contributed by atoms with Gasteiger partial charge in [0.1, 0.15) is 6.67 Å². The standard InChI is InChI=1S/C9H11N2O3S/c1-8(12)10-7-11-15(13,14)9-5-3-2-4-6-9/h2-7,11H,1H3,(H,10,12). The summed E-state index contributed by atoms with van der Waals surface area (Å²) in [4.78, 5) is 10.6. The second-order valence-electron chi connectivity index (χ2n) is 2.78. The first-order valence-corrected chi connectivity index (χ1v) is 5.67. The lowest BCUT2D eigenvalue weighted by Gasteiger charge is -2.05. The normalized spacial score (nSPS) is 11.0. The monoisotopic (exact) mass is 227 g/mol. The van der Waals surface area contributed by atoms with Crippen LogP contribution in [0.5, 0.6) is 0 Å². The number of carbonyl (C=O) groups is 1. The zero-order chi connectivity index (χ0) is 11.3. The molecule has 6 heteroatoms. The third-order valence-corrected chi connectivity index (χ3v) is 2.86. The highest BCUT2D eigenvalue weighted by atomic mass is 32.2. The number of hydrogen-bond acceptors (Lipinski definition) is 3. The molecule has 0 aromatic heterocycles. The lowest BCUT2D eigenvalue weighted by molar-refractivity contribution is -0.118. The summed E-state index contributed by atoms with van der Waals surface area (Å²) in [6.45, 7) is 2.28. The summed E-state index contributed by atoms with van der Waals surface area (Å²) in [5.41, 5.74) is 0. The highest BCUT2D eigenvalue weighted by Gasteiger charge is 2.12. The van der Waals surface area contributed by atoms with Crippen LogP contribution >= 0.6 is 0 Å². The van der Waals surface area contributed by atoms with Gasteiger partial charge in [0, 0.05) is 6.92 Å². The molecule has 5 nitrogen and oxygen atoms in total. The molecule has 2 N–H and O–H groups in total. The minimum atomic E-state index is -3.58. The lowest BCUT2D eigenvalue weighted by atomic mass is 10.4. The number of amides is 1. The van der Waals surface area contributed by atoms with Gasteiger partial charge in [0.15, 0.2) is 0 Å². The maximum Gasteiger partial charge on any atom is 0.242 e. The van der Waals surface area contributed by atoms with Gasteiger partial charge in [-0.1, -0.05) is 18.2 Å². The van der Waals surface area contributed by atoms with Crippen LogP contribution in [0.25, 0.3) is 0 Å². The Hall–Kier alpha value is -1.40. The molecule has 0 aliphatic rings. The Kier molecular flexibility index (Phi) is 3.81. The van der Waals surface area contributed by atoms with Gasteiger partial charge in [-0.05, 0) is 12.1 Å². The van der Waals surface area contributed by atoms with Crippen LogP contribution in [0.2, 0.25) is 0 Å². The summed E-state index contributed by atoms with van der Waals surface area (Å²) >= 11 is 0. The summed E-state index contributed by atoms with van der Waals surface area (Å²) in [5.74, 6) is -0.342. The van der Waals surface area contributed by atoms with E-state index in [-0.39, 0.29) is 10.8 Å². The van der Waals surface area contributed by atoms with Crippen molar-refractivity contribution in [1.82, 2.24) is 10.0 Å². The van der Waals surface area contributed by atoms with E-state index < -0.39 is 10.0 Å². The van der Waals surface area contributed by atoms with Crippen LogP contribution in [-0.2, 0) is 14.8 Å². The largest absolute Gasteiger partial charge is 0.337 e. The zero-order valence-electron chi connectivity index (χ0n) is 8.10. The predicted octanol–water partition coefficient (Wildman–Crippen LogP) is 0.220. The van der Waals surface area contributed by atoms with Crippen LogP contribution in [0, 0.1) is 6.67 Å². The van der Waals surface area contributed by atoms with Gasteiger partial charge in [-0.2, -0.15) is 4.72 Å². The van der Waals surface area contributed by atoms with Crippen LogP contribution in [0.4, 0.5) is 0 Å². The molecule has 0 unspecified atom stereocenters. The Morgan fingerprint density at radius 3 is 2.40 bits per heavy atom. The molecule has 1 amide bonds. The second kappa shape index (κ2) is 4.90. The van der Waals surface area contributed by atoms with Crippen molar-refractivity contribution in [3.05, 3.63) is 37.0 Å². The summed E-state index contributed by atoms with van der Waals surface area (Å²) in [6, 6.07) is 7.88. The van der Waals surface area contributed by atoms with E-state index in [0.29, 0.717) is 0 Å². The predicted molar refractivity (Wildman–Crippen MR) is 54.9 cm³/mol. The lowest BCUT2D eigenvalue weighted by Crippen LogP contribution is -2.30. The highest BCUT2D eigenvalue weighted by Crippen LogP contribution is 2.06. The summed E-state index contributed by atoms with van der Waals surface area (Å²) in [7, 11) is -3.58. The van der Waals surface area contributed by atoms with Gasteiger partial charge >= 0.3 is 0 Å². The Bertz CT molecular complexity index is 428. The van der Waals surface area contributed by atoms with Crippen molar-refractivity contribution in [2.24, 2.45) is 0 Å². The fraction of sp³-hybridized carbons (Fsp3) is 0.111. The third-order valence-electron chi connectivity index (χ3n) is 1.54. The number of rotatable bonds is 4. The van der Waals surface area contributed by atoms with Gasteiger partial charge in [0.2, 0.25) is 15.9 Å². The molecule has 0 aliphatic carbocycles. The van der Waals surface area contributed by atoms with Crippen LogP contribution < -0.4 is 10.0 Å². The van der Waals surface area contributed by atoms with Gasteiger partial charge in [-0.15, -0.1) is 0 Å². The molecule has 1 aromatic carbocycles. The van der Waals surface area contributed by atoms with E-state index in [9.17, 15) is 13.2 Å².